The highest BCUT2D eigenvalue weighted by atomic mass is 16.5. The second-order valence-electron chi connectivity index (χ2n) is 11.2. The lowest BCUT2D eigenvalue weighted by Crippen LogP contribution is -3.23. The SMILES string of the molecule is CC1(C)C2CCCCC2[NH+]2C(C3CCCCC3)CC(C3CCCO3)CC21. The maximum Gasteiger partial charge on any atom is 0.0939 e. The Bertz CT molecular complexity index is 490. The van der Waals surface area contributed by atoms with Crippen LogP contribution in [0.3, 0.4) is 0 Å². The lowest BCUT2D eigenvalue weighted by Gasteiger charge is -2.48. The standard InChI is InChI=1S/C24H41NO/c1-24(2)19-11-6-7-12-20(19)25-21(17-9-4-3-5-10-17)15-18(16-23(24)25)22-13-8-14-26-22/h17-23H,3-16H2,1-2H3/p+1. The van der Waals surface area contributed by atoms with Gasteiger partial charge in [0, 0.05) is 36.7 Å². The first kappa shape index (κ1) is 18.0. The molecule has 1 N–H and O–H groups in total. The van der Waals surface area contributed by atoms with Crippen molar-refractivity contribution in [1.29, 1.82) is 0 Å². The second-order valence-corrected chi connectivity index (χ2v) is 11.2. The van der Waals surface area contributed by atoms with Crippen molar-refractivity contribution in [1.82, 2.24) is 0 Å². The predicted octanol–water partition coefficient (Wildman–Crippen LogP) is 4.38. The summed E-state index contributed by atoms with van der Waals surface area (Å²) in [5.74, 6) is 2.87. The molecule has 3 saturated heterocycles. The van der Waals surface area contributed by atoms with Crippen molar-refractivity contribution < 1.29 is 9.64 Å². The Labute approximate surface area is 161 Å². The summed E-state index contributed by atoms with van der Waals surface area (Å²) in [6.07, 6.45) is 19.8. The number of rotatable bonds is 2. The Balaban J connectivity index is 1.46. The van der Waals surface area contributed by atoms with E-state index in [0.29, 0.717) is 11.5 Å². The maximum absolute atomic E-state index is 6.25. The van der Waals surface area contributed by atoms with Crippen LogP contribution in [-0.2, 0) is 4.74 Å². The molecule has 2 saturated carbocycles. The fourth-order valence-electron chi connectivity index (χ4n) is 8.48. The molecule has 5 fully saturated rings. The Kier molecular flexibility index (Phi) is 4.89. The lowest BCUT2D eigenvalue weighted by atomic mass is 9.66. The number of hydrogen-bond donors (Lipinski definition) is 1. The van der Waals surface area contributed by atoms with Gasteiger partial charge in [0.15, 0.2) is 0 Å². The third-order valence-electron chi connectivity index (χ3n) is 9.68. The molecule has 0 aromatic heterocycles. The third-order valence-corrected chi connectivity index (χ3v) is 9.68. The van der Waals surface area contributed by atoms with E-state index < -0.39 is 0 Å². The summed E-state index contributed by atoms with van der Waals surface area (Å²) >= 11 is 0. The van der Waals surface area contributed by atoms with E-state index in [4.69, 9.17) is 4.74 Å². The van der Waals surface area contributed by atoms with E-state index in [9.17, 15) is 0 Å². The van der Waals surface area contributed by atoms with Crippen LogP contribution in [-0.4, -0.2) is 30.8 Å². The van der Waals surface area contributed by atoms with Crippen LogP contribution in [0.2, 0.25) is 0 Å². The molecule has 2 aliphatic carbocycles. The summed E-state index contributed by atoms with van der Waals surface area (Å²) in [7, 11) is 0. The van der Waals surface area contributed by atoms with Gasteiger partial charge in [0.05, 0.1) is 24.2 Å². The van der Waals surface area contributed by atoms with Gasteiger partial charge in [-0.2, -0.15) is 0 Å². The zero-order valence-corrected chi connectivity index (χ0v) is 17.3. The van der Waals surface area contributed by atoms with Crippen LogP contribution >= 0.6 is 0 Å². The largest absolute Gasteiger partial charge is 0.378 e. The van der Waals surface area contributed by atoms with E-state index in [1.54, 1.807) is 0 Å². The number of quaternary nitrogens is 1. The van der Waals surface area contributed by atoms with Crippen molar-refractivity contribution >= 4 is 0 Å². The number of ether oxygens (including phenoxy) is 1. The number of piperidine rings is 1. The Hall–Kier alpha value is -0.0800. The van der Waals surface area contributed by atoms with Crippen LogP contribution in [0.5, 0.6) is 0 Å². The summed E-state index contributed by atoms with van der Waals surface area (Å²) in [4.78, 5) is 2.11. The van der Waals surface area contributed by atoms with Gasteiger partial charge in [-0.3, -0.25) is 0 Å². The zero-order chi connectivity index (χ0) is 17.7. The van der Waals surface area contributed by atoms with E-state index in [0.717, 1.165) is 42.5 Å². The molecule has 0 aromatic rings. The molecule has 148 valence electrons. The van der Waals surface area contributed by atoms with E-state index in [1.165, 1.54) is 83.5 Å². The molecule has 0 aromatic carbocycles. The molecule has 0 bridgehead atoms. The van der Waals surface area contributed by atoms with Gasteiger partial charge in [0.1, 0.15) is 0 Å². The molecule has 7 unspecified atom stereocenters. The summed E-state index contributed by atoms with van der Waals surface area (Å²) in [6.45, 7) is 6.35. The molecule has 5 rings (SSSR count). The van der Waals surface area contributed by atoms with Gasteiger partial charge in [-0.1, -0.05) is 39.5 Å². The third kappa shape index (κ3) is 2.89. The highest BCUT2D eigenvalue weighted by Gasteiger charge is 2.63. The molecule has 2 heteroatoms. The van der Waals surface area contributed by atoms with E-state index in [1.807, 2.05) is 0 Å². The molecule has 26 heavy (non-hydrogen) atoms. The highest BCUT2D eigenvalue weighted by Crippen LogP contribution is 2.49. The summed E-state index contributed by atoms with van der Waals surface area (Å²) in [5, 5.41) is 0. The molecule has 0 radical (unpaired) electrons. The minimum Gasteiger partial charge on any atom is -0.378 e. The van der Waals surface area contributed by atoms with Crippen LogP contribution in [0.25, 0.3) is 0 Å². The van der Waals surface area contributed by atoms with Gasteiger partial charge in [-0.25, -0.2) is 0 Å². The van der Waals surface area contributed by atoms with Crippen LogP contribution in [0, 0.1) is 23.2 Å². The summed E-state index contributed by atoms with van der Waals surface area (Å²) in [6, 6.07) is 2.85. The molecule has 0 amide bonds. The minimum absolute atomic E-state index is 0.546. The van der Waals surface area contributed by atoms with Gasteiger partial charge in [0.2, 0.25) is 0 Å². The van der Waals surface area contributed by atoms with Gasteiger partial charge >= 0.3 is 0 Å². The normalized spacial score (nSPS) is 48.9. The van der Waals surface area contributed by atoms with Crippen molar-refractivity contribution in [3.8, 4) is 0 Å². The van der Waals surface area contributed by atoms with Gasteiger partial charge < -0.3 is 9.64 Å². The molecule has 2 nitrogen and oxygen atoms in total. The van der Waals surface area contributed by atoms with E-state index >= 15 is 0 Å². The average Bonchev–Trinajstić information content (AvgIpc) is 3.29. The second kappa shape index (κ2) is 7.07. The summed E-state index contributed by atoms with van der Waals surface area (Å²) in [5.41, 5.74) is 0.546. The highest BCUT2D eigenvalue weighted by molar-refractivity contribution is 5.01. The number of hydrogen-bond acceptors (Lipinski definition) is 1. The quantitative estimate of drug-likeness (QED) is 0.772. The zero-order valence-electron chi connectivity index (χ0n) is 17.3. The average molecular weight is 361 g/mol. The molecular formula is C24H42NO+. The van der Waals surface area contributed by atoms with Crippen LogP contribution in [0.1, 0.15) is 97.3 Å². The smallest absolute Gasteiger partial charge is 0.0939 e. The van der Waals surface area contributed by atoms with Gasteiger partial charge in [-0.05, 0) is 50.9 Å². The van der Waals surface area contributed by atoms with Crippen molar-refractivity contribution in [2.24, 2.45) is 23.2 Å². The van der Waals surface area contributed by atoms with E-state index in [-0.39, 0.29) is 0 Å². The monoisotopic (exact) mass is 360 g/mol. The topological polar surface area (TPSA) is 13.7 Å². The van der Waals surface area contributed by atoms with Crippen molar-refractivity contribution in [3.05, 3.63) is 0 Å². The van der Waals surface area contributed by atoms with Gasteiger partial charge in [-0.15, -0.1) is 0 Å². The van der Waals surface area contributed by atoms with Gasteiger partial charge in [0.25, 0.3) is 0 Å². The lowest BCUT2D eigenvalue weighted by molar-refractivity contribution is -0.975. The molecule has 3 aliphatic heterocycles. The molecule has 7 atom stereocenters. The maximum atomic E-state index is 6.25. The summed E-state index contributed by atoms with van der Waals surface area (Å²) < 4.78 is 6.25. The number of nitrogens with one attached hydrogen (secondary N) is 1. The first-order chi connectivity index (χ1) is 12.7. The molecule has 5 aliphatic rings. The molecular weight excluding hydrogens is 318 g/mol. The Morgan fingerprint density at radius 3 is 2.27 bits per heavy atom. The van der Waals surface area contributed by atoms with E-state index in [2.05, 4.69) is 18.7 Å². The van der Waals surface area contributed by atoms with Crippen LogP contribution < -0.4 is 4.90 Å². The first-order valence-electron chi connectivity index (χ1n) is 12.1. The fourth-order valence-corrected chi connectivity index (χ4v) is 8.48. The van der Waals surface area contributed by atoms with Crippen molar-refractivity contribution in [3.63, 3.8) is 0 Å². The fraction of sp³-hybridized carbons (Fsp3) is 1.00. The number of fused-ring (bicyclic) bond motifs is 3. The minimum atomic E-state index is 0.546. The van der Waals surface area contributed by atoms with Crippen molar-refractivity contribution in [2.75, 3.05) is 6.61 Å². The van der Waals surface area contributed by atoms with Crippen LogP contribution in [0.4, 0.5) is 0 Å². The Morgan fingerprint density at radius 2 is 1.50 bits per heavy atom. The predicted molar refractivity (Wildman–Crippen MR) is 106 cm³/mol. The van der Waals surface area contributed by atoms with Crippen molar-refractivity contribution in [2.45, 2.75) is 122 Å². The Morgan fingerprint density at radius 1 is 0.731 bits per heavy atom. The molecule has 3 heterocycles. The van der Waals surface area contributed by atoms with Crippen LogP contribution in [0.15, 0.2) is 0 Å². The molecule has 0 spiro atoms. The first-order valence-corrected chi connectivity index (χ1v) is 12.1.